The zero-order chi connectivity index (χ0) is 18.2. The molecule has 0 aliphatic heterocycles. The van der Waals surface area contributed by atoms with Crippen LogP contribution in [0.15, 0.2) is 41.5 Å². The molecular weight excluding hydrogens is 341 g/mol. The molecule has 0 bridgehead atoms. The van der Waals surface area contributed by atoms with Crippen molar-refractivity contribution in [2.24, 2.45) is 4.99 Å². The summed E-state index contributed by atoms with van der Waals surface area (Å²) in [6, 6.07) is 8.93. The van der Waals surface area contributed by atoms with E-state index in [0.717, 1.165) is 17.5 Å². The summed E-state index contributed by atoms with van der Waals surface area (Å²) >= 11 is 5.77. The molecule has 134 valence electrons. The van der Waals surface area contributed by atoms with Gasteiger partial charge in [-0.1, -0.05) is 23.7 Å². The topological polar surface area (TPSA) is 52.6 Å². The molecule has 1 aromatic heterocycles. The van der Waals surface area contributed by atoms with E-state index in [-0.39, 0.29) is 5.82 Å². The summed E-state index contributed by atoms with van der Waals surface area (Å²) in [5.41, 5.74) is 2.52. The van der Waals surface area contributed by atoms with Crippen LogP contribution in [0, 0.1) is 5.82 Å². The Morgan fingerprint density at radius 1 is 1.20 bits per heavy atom. The summed E-state index contributed by atoms with van der Waals surface area (Å²) in [6.45, 7) is 1.20. The highest BCUT2D eigenvalue weighted by atomic mass is 35.5. The maximum absolute atomic E-state index is 14.0. The minimum atomic E-state index is -0.234. The molecule has 0 fully saturated rings. The number of pyridine rings is 1. The van der Waals surface area contributed by atoms with E-state index in [9.17, 15) is 4.39 Å². The van der Waals surface area contributed by atoms with Gasteiger partial charge in [0.2, 0.25) is 0 Å². The third-order valence-electron chi connectivity index (χ3n) is 3.67. The number of hydrogen-bond acceptors (Lipinski definition) is 3. The van der Waals surface area contributed by atoms with Gasteiger partial charge >= 0.3 is 0 Å². The van der Waals surface area contributed by atoms with Gasteiger partial charge in [-0.15, -0.1) is 0 Å². The Bertz CT molecular complexity index is 716. The van der Waals surface area contributed by atoms with E-state index in [1.807, 2.05) is 26.2 Å². The summed E-state index contributed by atoms with van der Waals surface area (Å²) in [5.74, 6) is 0.432. The highest BCUT2D eigenvalue weighted by Crippen LogP contribution is 2.18. The number of nitrogens with one attached hydrogen (secondary N) is 2. The van der Waals surface area contributed by atoms with Gasteiger partial charge in [0.05, 0.1) is 5.69 Å². The number of halogens is 2. The first-order chi connectivity index (χ1) is 12.0. The van der Waals surface area contributed by atoms with Crippen molar-refractivity contribution >= 4 is 23.2 Å². The monoisotopic (exact) mass is 363 g/mol. The number of aliphatic imine (C=N–C) groups is 1. The lowest BCUT2D eigenvalue weighted by molar-refractivity contribution is 0.623. The molecule has 0 radical (unpaired) electrons. The number of anilines is 1. The average Bonchev–Trinajstić information content (AvgIpc) is 2.59. The Labute approximate surface area is 152 Å². The van der Waals surface area contributed by atoms with Crippen LogP contribution in [0.25, 0.3) is 0 Å². The Morgan fingerprint density at radius 3 is 2.56 bits per heavy atom. The summed E-state index contributed by atoms with van der Waals surface area (Å²) in [7, 11) is 5.34. The second kappa shape index (κ2) is 9.22. The standard InChI is InChI=1S/C18H23ClFN5/c1-21-18(22-9-8-13-5-7-17(19)23-11-13)24-12-14-4-6-16(25(2)3)15(20)10-14/h4-7,10-11H,8-9,12H2,1-3H3,(H2,21,22,24). The normalized spacial score (nSPS) is 11.3. The molecule has 5 nitrogen and oxygen atoms in total. The Hall–Kier alpha value is -2.34. The van der Waals surface area contributed by atoms with E-state index >= 15 is 0 Å². The molecule has 7 heteroatoms. The SMILES string of the molecule is CN=C(NCCc1ccc(Cl)nc1)NCc1ccc(N(C)C)c(F)c1. The predicted octanol–water partition coefficient (Wildman–Crippen LogP) is 2.85. The third-order valence-corrected chi connectivity index (χ3v) is 3.90. The molecule has 2 rings (SSSR count). The molecule has 0 amide bonds. The van der Waals surface area contributed by atoms with E-state index in [1.165, 1.54) is 6.07 Å². The maximum atomic E-state index is 14.0. The van der Waals surface area contributed by atoms with Crippen LogP contribution >= 0.6 is 11.6 Å². The summed E-state index contributed by atoms with van der Waals surface area (Å²) in [5, 5.41) is 6.89. The third kappa shape index (κ3) is 5.90. The van der Waals surface area contributed by atoms with Gasteiger partial charge in [0.15, 0.2) is 5.96 Å². The van der Waals surface area contributed by atoms with Crippen molar-refractivity contribution in [3.8, 4) is 0 Å². The van der Waals surface area contributed by atoms with Crippen LogP contribution in [0.3, 0.4) is 0 Å². The van der Waals surface area contributed by atoms with E-state index in [0.29, 0.717) is 29.9 Å². The largest absolute Gasteiger partial charge is 0.375 e. The van der Waals surface area contributed by atoms with Crippen LogP contribution in [0.4, 0.5) is 10.1 Å². The van der Waals surface area contributed by atoms with Crippen molar-refractivity contribution in [3.63, 3.8) is 0 Å². The number of nitrogens with zero attached hydrogens (tertiary/aromatic N) is 3. The van der Waals surface area contributed by atoms with E-state index in [2.05, 4.69) is 20.6 Å². The predicted molar refractivity (Wildman–Crippen MR) is 102 cm³/mol. The Morgan fingerprint density at radius 2 is 1.96 bits per heavy atom. The Balaban J connectivity index is 1.82. The quantitative estimate of drug-likeness (QED) is 0.471. The lowest BCUT2D eigenvalue weighted by atomic mass is 10.2. The van der Waals surface area contributed by atoms with Crippen molar-refractivity contribution in [2.75, 3.05) is 32.6 Å². The van der Waals surface area contributed by atoms with Gasteiger partial charge in [0.25, 0.3) is 0 Å². The van der Waals surface area contributed by atoms with Crippen molar-refractivity contribution in [1.82, 2.24) is 15.6 Å². The number of hydrogen-bond donors (Lipinski definition) is 2. The highest BCUT2D eigenvalue weighted by molar-refractivity contribution is 6.29. The fraction of sp³-hybridized carbons (Fsp3) is 0.333. The van der Waals surface area contributed by atoms with Crippen LogP contribution in [0.5, 0.6) is 0 Å². The zero-order valence-electron chi connectivity index (χ0n) is 14.7. The van der Waals surface area contributed by atoms with Gasteiger partial charge in [-0.2, -0.15) is 0 Å². The van der Waals surface area contributed by atoms with Gasteiger partial charge in [0.1, 0.15) is 11.0 Å². The van der Waals surface area contributed by atoms with Crippen LogP contribution in [-0.4, -0.2) is 38.6 Å². The minimum Gasteiger partial charge on any atom is -0.375 e. The van der Waals surface area contributed by atoms with Crippen molar-refractivity contribution < 1.29 is 4.39 Å². The van der Waals surface area contributed by atoms with E-state index < -0.39 is 0 Å². The first kappa shape index (κ1) is 19.0. The number of benzene rings is 1. The van der Waals surface area contributed by atoms with Gasteiger partial charge in [-0.3, -0.25) is 4.99 Å². The minimum absolute atomic E-state index is 0.234. The van der Waals surface area contributed by atoms with Crippen molar-refractivity contribution in [1.29, 1.82) is 0 Å². The molecule has 2 N–H and O–H groups in total. The second-order valence-electron chi connectivity index (χ2n) is 5.77. The molecule has 0 saturated heterocycles. The first-order valence-electron chi connectivity index (χ1n) is 8.00. The fourth-order valence-corrected chi connectivity index (χ4v) is 2.42. The molecule has 0 aliphatic carbocycles. The number of aromatic nitrogens is 1. The highest BCUT2D eigenvalue weighted by Gasteiger charge is 2.06. The molecule has 25 heavy (non-hydrogen) atoms. The maximum Gasteiger partial charge on any atom is 0.191 e. The van der Waals surface area contributed by atoms with Crippen LogP contribution in [0.1, 0.15) is 11.1 Å². The number of guanidine groups is 1. The van der Waals surface area contributed by atoms with Gasteiger partial charge in [0, 0.05) is 40.4 Å². The lowest BCUT2D eigenvalue weighted by Crippen LogP contribution is -2.37. The molecule has 2 aromatic rings. The fourth-order valence-electron chi connectivity index (χ4n) is 2.31. The summed E-state index contributed by atoms with van der Waals surface area (Å²) in [6.07, 6.45) is 2.56. The number of rotatable bonds is 6. The lowest BCUT2D eigenvalue weighted by Gasteiger charge is -2.15. The van der Waals surface area contributed by atoms with E-state index in [1.54, 1.807) is 30.3 Å². The van der Waals surface area contributed by atoms with Gasteiger partial charge < -0.3 is 15.5 Å². The molecule has 0 spiro atoms. The van der Waals surface area contributed by atoms with Crippen LogP contribution in [0.2, 0.25) is 5.15 Å². The van der Waals surface area contributed by atoms with Gasteiger partial charge in [-0.25, -0.2) is 9.37 Å². The van der Waals surface area contributed by atoms with Crippen molar-refractivity contribution in [3.05, 3.63) is 58.6 Å². The summed E-state index contributed by atoms with van der Waals surface area (Å²) in [4.78, 5) is 9.97. The first-order valence-corrected chi connectivity index (χ1v) is 8.38. The average molecular weight is 364 g/mol. The van der Waals surface area contributed by atoms with Crippen molar-refractivity contribution in [2.45, 2.75) is 13.0 Å². The summed E-state index contributed by atoms with van der Waals surface area (Å²) < 4.78 is 14.0. The molecule has 0 saturated carbocycles. The zero-order valence-corrected chi connectivity index (χ0v) is 15.4. The molecular formula is C18H23ClFN5. The van der Waals surface area contributed by atoms with E-state index in [4.69, 9.17) is 11.6 Å². The smallest absolute Gasteiger partial charge is 0.191 e. The molecule has 1 aromatic carbocycles. The van der Waals surface area contributed by atoms with Gasteiger partial charge in [-0.05, 0) is 35.7 Å². The molecule has 0 aliphatic rings. The Kier molecular flexibility index (Phi) is 7.01. The molecule has 0 atom stereocenters. The molecule has 1 heterocycles. The van der Waals surface area contributed by atoms with Crippen LogP contribution in [-0.2, 0) is 13.0 Å². The van der Waals surface area contributed by atoms with Crippen LogP contribution < -0.4 is 15.5 Å². The second-order valence-corrected chi connectivity index (χ2v) is 6.16. The molecule has 0 unspecified atom stereocenters.